The van der Waals surface area contributed by atoms with Crippen LogP contribution in [0.25, 0.3) is 10.8 Å². The van der Waals surface area contributed by atoms with Gasteiger partial charge in [-0.15, -0.1) is 4.83 Å². The first-order valence-corrected chi connectivity index (χ1v) is 9.67. The maximum Gasteiger partial charge on any atom is 0.275 e. The minimum Gasteiger partial charge on any atom is -0.481 e. The lowest BCUT2D eigenvalue weighted by atomic mass is 10.1. The van der Waals surface area contributed by atoms with E-state index in [9.17, 15) is 22.0 Å². The third-order valence-electron chi connectivity index (χ3n) is 3.91. The third kappa shape index (κ3) is 4.44. The standard InChI is InChI=1S/C19H16F2N2O4S/c1-12(27-15-7-6-13-4-2-3-5-14(13)10-15)19(24)22-23-28(25,26)16-8-9-17(20)18(21)11-16/h2-12,23H,1H3,(H,22,24)/t12-/m0/s1. The van der Waals surface area contributed by atoms with Gasteiger partial charge in [0.1, 0.15) is 5.75 Å². The van der Waals surface area contributed by atoms with E-state index in [0.717, 1.165) is 16.8 Å². The van der Waals surface area contributed by atoms with Crippen LogP contribution in [0.2, 0.25) is 0 Å². The van der Waals surface area contributed by atoms with Crippen molar-refractivity contribution >= 4 is 26.7 Å². The van der Waals surface area contributed by atoms with E-state index in [-0.39, 0.29) is 0 Å². The van der Waals surface area contributed by atoms with Crippen LogP contribution in [0.5, 0.6) is 5.75 Å². The summed E-state index contributed by atoms with van der Waals surface area (Å²) in [6, 6.07) is 14.9. The lowest BCUT2D eigenvalue weighted by Crippen LogP contribution is -2.47. The number of carbonyl (C=O) groups is 1. The van der Waals surface area contributed by atoms with Crippen molar-refractivity contribution in [2.75, 3.05) is 0 Å². The Balaban J connectivity index is 1.63. The van der Waals surface area contributed by atoms with Crippen LogP contribution in [0, 0.1) is 11.6 Å². The summed E-state index contributed by atoms with van der Waals surface area (Å²) in [5, 5.41) is 1.93. The van der Waals surface area contributed by atoms with Gasteiger partial charge >= 0.3 is 0 Å². The highest BCUT2D eigenvalue weighted by Crippen LogP contribution is 2.21. The molecule has 9 heteroatoms. The first-order chi connectivity index (χ1) is 13.3. The van der Waals surface area contributed by atoms with Crippen molar-refractivity contribution in [3.63, 3.8) is 0 Å². The van der Waals surface area contributed by atoms with E-state index in [1.807, 2.05) is 40.6 Å². The zero-order valence-electron chi connectivity index (χ0n) is 14.6. The fourth-order valence-corrected chi connectivity index (χ4v) is 3.28. The predicted octanol–water partition coefficient (Wildman–Crippen LogP) is 2.90. The Hall–Kier alpha value is -3.04. The Labute approximate surface area is 160 Å². The number of carbonyl (C=O) groups excluding carboxylic acids is 1. The van der Waals surface area contributed by atoms with Crippen molar-refractivity contribution in [3.8, 4) is 5.75 Å². The van der Waals surface area contributed by atoms with Crippen LogP contribution >= 0.6 is 0 Å². The summed E-state index contributed by atoms with van der Waals surface area (Å²) in [4.78, 5) is 13.4. The highest BCUT2D eigenvalue weighted by atomic mass is 32.2. The zero-order valence-corrected chi connectivity index (χ0v) is 15.5. The van der Waals surface area contributed by atoms with Crippen LogP contribution in [0.15, 0.2) is 65.6 Å². The number of hydrogen-bond donors (Lipinski definition) is 2. The number of nitrogens with one attached hydrogen (secondary N) is 2. The molecule has 2 N–H and O–H groups in total. The summed E-state index contributed by atoms with van der Waals surface area (Å²) in [5.41, 5.74) is 1.99. The molecule has 28 heavy (non-hydrogen) atoms. The van der Waals surface area contributed by atoms with Crippen LogP contribution in [-0.4, -0.2) is 20.4 Å². The maximum atomic E-state index is 13.2. The van der Waals surface area contributed by atoms with Crippen molar-refractivity contribution in [2.45, 2.75) is 17.9 Å². The molecule has 0 spiro atoms. The van der Waals surface area contributed by atoms with Crippen LogP contribution in [0.4, 0.5) is 8.78 Å². The van der Waals surface area contributed by atoms with Gasteiger partial charge in [-0.05, 0) is 48.0 Å². The average molecular weight is 406 g/mol. The first kappa shape index (κ1) is 19.7. The highest BCUT2D eigenvalue weighted by molar-refractivity contribution is 7.89. The van der Waals surface area contributed by atoms with Gasteiger partial charge in [-0.25, -0.2) is 17.2 Å². The Morgan fingerprint density at radius 3 is 2.39 bits per heavy atom. The van der Waals surface area contributed by atoms with E-state index in [1.165, 1.54) is 6.92 Å². The van der Waals surface area contributed by atoms with Gasteiger partial charge in [-0.1, -0.05) is 30.3 Å². The van der Waals surface area contributed by atoms with Crippen LogP contribution in [0.1, 0.15) is 6.92 Å². The molecule has 0 aromatic heterocycles. The Morgan fingerprint density at radius 2 is 1.68 bits per heavy atom. The molecule has 3 aromatic carbocycles. The monoisotopic (exact) mass is 406 g/mol. The summed E-state index contributed by atoms with van der Waals surface area (Å²) < 4.78 is 55.8. The minimum atomic E-state index is -4.27. The molecule has 0 heterocycles. The number of ether oxygens (including phenoxy) is 1. The van der Waals surface area contributed by atoms with Crippen LogP contribution in [-0.2, 0) is 14.8 Å². The van der Waals surface area contributed by atoms with Crippen molar-refractivity contribution in [3.05, 3.63) is 72.3 Å². The van der Waals surface area contributed by atoms with Gasteiger partial charge in [0.05, 0.1) is 4.90 Å². The van der Waals surface area contributed by atoms with Gasteiger partial charge in [0.25, 0.3) is 15.9 Å². The smallest absolute Gasteiger partial charge is 0.275 e. The van der Waals surface area contributed by atoms with E-state index >= 15 is 0 Å². The van der Waals surface area contributed by atoms with E-state index in [4.69, 9.17) is 4.74 Å². The molecule has 6 nitrogen and oxygen atoms in total. The van der Waals surface area contributed by atoms with Gasteiger partial charge in [0.15, 0.2) is 17.7 Å². The lowest BCUT2D eigenvalue weighted by Gasteiger charge is -2.15. The van der Waals surface area contributed by atoms with Gasteiger partial charge in [0, 0.05) is 0 Å². The molecule has 1 amide bonds. The minimum absolute atomic E-state index is 0.435. The van der Waals surface area contributed by atoms with Gasteiger partial charge < -0.3 is 4.74 Å². The van der Waals surface area contributed by atoms with Crippen molar-refractivity contribution in [2.24, 2.45) is 0 Å². The molecule has 3 aromatic rings. The molecule has 0 fully saturated rings. The Kier molecular flexibility index (Phi) is 5.57. The number of hydrazine groups is 1. The molecular weight excluding hydrogens is 390 g/mol. The van der Waals surface area contributed by atoms with Crippen LogP contribution < -0.4 is 15.0 Å². The first-order valence-electron chi connectivity index (χ1n) is 8.18. The molecule has 0 radical (unpaired) electrons. The second kappa shape index (κ2) is 7.91. The second-order valence-corrected chi connectivity index (χ2v) is 7.62. The number of sulfonamides is 1. The molecule has 1 atom stereocenters. The van der Waals surface area contributed by atoms with E-state index in [1.54, 1.807) is 12.1 Å². The number of hydrogen-bond acceptors (Lipinski definition) is 4. The summed E-state index contributed by atoms with van der Waals surface area (Å²) in [5.74, 6) is -2.83. The summed E-state index contributed by atoms with van der Waals surface area (Å²) in [6.45, 7) is 1.44. The lowest BCUT2D eigenvalue weighted by molar-refractivity contribution is -0.127. The second-order valence-electron chi connectivity index (χ2n) is 5.94. The fourth-order valence-electron chi connectivity index (χ4n) is 2.42. The van der Waals surface area contributed by atoms with Crippen LogP contribution in [0.3, 0.4) is 0 Å². The van der Waals surface area contributed by atoms with Crippen molar-refractivity contribution in [1.82, 2.24) is 10.3 Å². The molecule has 0 aliphatic heterocycles. The number of amides is 1. The summed E-state index contributed by atoms with van der Waals surface area (Å²) in [7, 11) is -4.27. The molecule has 0 aliphatic carbocycles. The van der Waals surface area contributed by atoms with E-state index < -0.39 is 38.6 Å². The fraction of sp³-hybridized carbons (Fsp3) is 0.105. The predicted molar refractivity (Wildman–Crippen MR) is 98.9 cm³/mol. The molecule has 0 bridgehead atoms. The third-order valence-corrected chi connectivity index (χ3v) is 5.16. The number of rotatable bonds is 6. The number of benzene rings is 3. The van der Waals surface area contributed by atoms with E-state index in [2.05, 4.69) is 0 Å². The molecule has 0 saturated carbocycles. The molecule has 0 aliphatic rings. The summed E-state index contributed by atoms with van der Waals surface area (Å²) in [6.07, 6.45) is -1.02. The van der Waals surface area contributed by atoms with Gasteiger partial charge in [-0.2, -0.15) is 0 Å². The molecule has 0 unspecified atom stereocenters. The number of halogens is 2. The maximum absolute atomic E-state index is 13.2. The molecule has 146 valence electrons. The quantitative estimate of drug-likeness (QED) is 0.617. The van der Waals surface area contributed by atoms with Crippen molar-refractivity contribution in [1.29, 1.82) is 0 Å². The largest absolute Gasteiger partial charge is 0.481 e. The highest BCUT2D eigenvalue weighted by Gasteiger charge is 2.20. The van der Waals surface area contributed by atoms with E-state index in [0.29, 0.717) is 17.9 Å². The molecule has 0 saturated heterocycles. The molecular formula is C19H16F2N2O4S. The van der Waals surface area contributed by atoms with Gasteiger partial charge in [-0.3, -0.25) is 10.2 Å². The normalized spacial score (nSPS) is 12.5. The topological polar surface area (TPSA) is 84.5 Å². The number of fused-ring (bicyclic) bond motifs is 1. The molecule has 3 rings (SSSR count). The Bertz CT molecular complexity index is 1140. The average Bonchev–Trinajstić information content (AvgIpc) is 2.68. The zero-order chi connectivity index (χ0) is 20.3. The SMILES string of the molecule is C[C@H](Oc1ccc2ccccc2c1)C(=O)NNS(=O)(=O)c1ccc(F)c(F)c1. The van der Waals surface area contributed by atoms with Gasteiger partial charge in [0.2, 0.25) is 0 Å². The van der Waals surface area contributed by atoms with Crippen molar-refractivity contribution < 1.29 is 26.7 Å². The Morgan fingerprint density at radius 1 is 0.964 bits per heavy atom. The summed E-state index contributed by atoms with van der Waals surface area (Å²) >= 11 is 0.